The molecule has 178 valence electrons. The third-order valence-corrected chi connectivity index (χ3v) is 7.38. The van der Waals surface area contributed by atoms with Crippen molar-refractivity contribution in [2.45, 2.75) is 44.2 Å². The minimum absolute atomic E-state index is 0.00754. The third-order valence-electron chi connectivity index (χ3n) is 5.77. The molecular formula is C24H22Cl2FN3O3S. The molecule has 0 saturated heterocycles. The minimum atomic E-state index is -1.17. The van der Waals surface area contributed by atoms with E-state index < -0.39 is 23.7 Å². The predicted molar refractivity (Wildman–Crippen MR) is 131 cm³/mol. The molecule has 1 unspecified atom stereocenters. The van der Waals surface area contributed by atoms with E-state index in [1.165, 1.54) is 41.3 Å². The molecule has 0 spiro atoms. The highest BCUT2D eigenvalue weighted by molar-refractivity contribution is 7.11. The molecular weight excluding hydrogens is 500 g/mol. The Morgan fingerprint density at radius 2 is 1.82 bits per heavy atom. The summed E-state index contributed by atoms with van der Waals surface area (Å²) in [4.78, 5) is 28.6. The number of aromatic nitrogens is 1. The number of nitrogens with zero attached hydrogens (tertiary/aromatic N) is 2. The molecule has 1 heterocycles. The molecule has 0 radical (unpaired) electrons. The lowest BCUT2D eigenvalue weighted by atomic mass is 9.94. The van der Waals surface area contributed by atoms with Crippen LogP contribution in [0.2, 0.25) is 9.36 Å². The fourth-order valence-corrected chi connectivity index (χ4v) is 5.10. The number of phenolic OH excluding ortho intramolecular Hbond substituents is 1. The first-order valence-corrected chi connectivity index (χ1v) is 12.4. The van der Waals surface area contributed by atoms with Crippen LogP contribution in [0.5, 0.6) is 5.75 Å². The lowest BCUT2D eigenvalue weighted by Crippen LogP contribution is -2.47. The van der Waals surface area contributed by atoms with Crippen molar-refractivity contribution in [3.63, 3.8) is 0 Å². The molecule has 2 aromatic carbocycles. The zero-order chi connectivity index (χ0) is 24.2. The number of hydrogen-bond donors (Lipinski definition) is 2. The minimum Gasteiger partial charge on any atom is -0.508 e. The van der Waals surface area contributed by atoms with E-state index in [2.05, 4.69) is 9.69 Å². The zero-order valence-corrected chi connectivity index (χ0v) is 20.3. The first-order valence-electron chi connectivity index (χ1n) is 10.8. The van der Waals surface area contributed by atoms with Crippen LogP contribution in [0.4, 0.5) is 10.1 Å². The number of nitrogens with one attached hydrogen (secondary N) is 1. The number of amides is 2. The quantitative estimate of drug-likeness (QED) is 0.408. The van der Waals surface area contributed by atoms with Crippen molar-refractivity contribution in [2.24, 2.45) is 0 Å². The predicted octanol–water partition coefficient (Wildman–Crippen LogP) is 6.13. The van der Waals surface area contributed by atoms with Crippen LogP contribution in [-0.4, -0.2) is 27.3 Å². The van der Waals surface area contributed by atoms with E-state index in [0.29, 0.717) is 5.56 Å². The Labute approximate surface area is 210 Å². The highest BCUT2D eigenvalue weighted by atomic mass is 35.5. The second-order valence-electron chi connectivity index (χ2n) is 8.11. The summed E-state index contributed by atoms with van der Waals surface area (Å²) in [6.07, 6.45) is 4.82. The van der Waals surface area contributed by atoms with Crippen LogP contribution in [0, 0.1) is 5.82 Å². The summed E-state index contributed by atoms with van der Waals surface area (Å²) >= 11 is 13.1. The monoisotopic (exact) mass is 521 g/mol. The van der Waals surface area contributed by atoms with Gasteiger partial charge < -0.3 is 10.4 Å². The Morgan fingerprint density at radius 1 is 1.12 bits per heavy atom. The normalized spacial score (nSPS) is 15.0. The SMILES string of the molecule is O=C(NC1CCCCC1)C(c1ccc(O)cc1)N(C(=O)c1nsc(Cl)c1Cl)c1cccc(F)c1. The van der Waals surface area contributed by atoms with E-state index in [-0.39, 0.29) is 32.5 Å². The lowest BCUT2D eigenvalue weighted by Gasteiger charge is -2.33. The van der Waals surface area contributed by atoms with Crippen LogP contribution in [0.3, 0.4) is 0 Å². The summed E-state index contributed by atoms with van der Waals surface area (Å²) in [7, 11) is 0. The van der Waals surface area contributed by atoms with E-state index in [1.54, 1.807) is 12.1 Å². The Morgan fingerprint density at radius 3 is 2.44 bits per heavy atom. The van der Waals surface area contributed by atoms with Gasteiger partial charge >= 0.3 is 0 Å². The van der Waals surface area contributed by atoms with Crippen molar-refractivity contribution in [1.82, 2.24) is 9.69 Å². The van der Waals surface area contributed by atoms with Crippen molar-refractivity contribution < 1.29 is 19.1 Å². The number of rotatable bonds is 6. The number of halogens is 3. The van der Waals surface area contributed by atoms with Crippen molar-refractivity contribution in [3.8, 4) is 5.75 Å². The fraction of sp³-hybridized carbons (Fsp3) is 0.292. The summed E-state index contributed by atoms with van der Waals surface area (Å²) in [6.45, 7) is 0. The summed E-state index contributed by atoms with van der Waals surface area (Å²) in [6, 6.07) is 10.2. The molecule has 2 N–H and O–H groups in total. The maximum atomic E-state index is 14.2. The Kier molecular flexibility index (Phi) is 7.70. The van der Waals surface area contributed by atoms with E-state index >= 15 is 0 Å². The van der Waals surface area contributed by atoms with E-state index in [0.717, 1.165) is 43.6 Å². The van der Waals surface area contributed by atoms with Crippen LogP contribution in [0.25, 0.3) is 0 Å². The molecule has 0 bridgehead atoms. The summed E-state index contributed by atoms with van der Waals surface area (Å²) in [5.74, 6) is -1.69. The van der Waals surface area contributed by atoms with Gasteiger partial charge in [-0.1, -0.05) is 60.7 Å². The van der Waals surface area contributed by atoms with Gasteiger partial charge in [-0.3, -0.25) is 14.5 Å². The van der Waals surface area contributed by atoms with Crippen LogP contribution in [-0.2, 0) is 4.79 Å². The number of aromatic hydroxyl groups is 1. The topological polar surface area (TPSA) is 82.5 Å². The maximum Gasteiger partial charge on any atom is 0.280 e. The van der Waals surface area contributed by atoms with Crippen LogP contribution in [0.15, 0.2) is 48.5 Å². The number of carbonyl (C=O) groups is 2. The van der Waals surface area contributed by atoms with Gasteiger partial charge in [-0.15, -0.1) is 0 Å². The lowest BCUT2D eigenvalue weighted by molar-refractivity contribution is -0.123. The van der Waals surface area contributed by atoms with Gasteiger partial charge in [0.25, 0.3) is 5.91 Å². The van der Waals surface area contributed by atoms with Gasteiger partial charge in [0.15, 0.2) is 5.69 Å². The van der Waals surface area contributed by atoms with Crippen molar-refractivity contribution >= 4 is 52.2 Å². The Bertz CT molecular complexity index is 1180. The molecule has 1 atom stereocenters. The highest BCUT2D eigenvalue weighted by Crippen LogP contribution is 2.35. The molecule has 1 aliphatic rings. The molecule has 4 rings (SSSR count). The van der Waals surface area contributed by atoms with E-state index in [9.17, 15) is 19.1 Å². The standard InChI is InChI=1S/C24H22Cl2FN3O3S/c25-19-20(29-34-22(19)26)24(33)30(17-8-4-5-15(27)13-17)21(14-9-11-18(31)12-10-14)23(32)28-16-6-2-1-3-7-16/h4-5,8-13,16,21,31H,1-3,6-7H2,(H,28,32). The molecule has 0 aliphatic heterocycles. The average Bonchev–Trinajstić information content (AvgIpc) is 3.16. The molecule has 34 heavy (non-hydrogen) atoms. The van der Waals surface area contributed by atoms with Crippen LogP contribution in [0.1, 0.15) is 54.2 Å². The van der Waals surface area contributed by atoms with Crippen LogP contribution < -0.4 is 10.2 Å². The van der Waals surface area contributed by atoms with E-state index in [4.69, 9.17) is 23.2 Å². The highest BCUT2D eigenvalue weighted by Gasteiger charge is 2.36. The summed E-state index contributed by atoms with van der Waals surface area (Å²) in [5.41, 5.74) is 0.457. The molecule has 1 fully saturated rings. The Hall–Kier alpha value is -2.68. The van der Waals surface area contributed by atoms with Crippen LogP contribution >= 0.6 is 34.7 Å². The third kappa shape index (κ3) is 5.35. The summed E-state index contributed by atoms with van der Waals surface area (Å²) < 4.78 is 18.4. The molecule has 3 aromatic rings. The first kappa shape index (κ1) is 24.4. The molecule has 1 aromatic heterocycles. The average molecular weight is 522 g/mol. The second kappa shape index (κ2) is 10.7. The molecule has 1 saturated carbocycles. The number of hydrogen-bond acceptors (Lipinski definition) is 5. The number of phenols is 1. The van der Waals surface area contributed by atoms with E-state index in [1.807, 2.05) is 0 Å². The van der Waals surface area contributed by atoms with Gasteiger partial charge in [-0.05, 0) is 60.3 Å². The van der Waals surface area contributed by atoms with Gasteiger partial charge in [0.1, 0.15) is 27.0 Å². The molecule has 6 nitrogen and oxygen atoms in total. The molecule has 1 aliphatic carbocycles. The molecule has 10 heteroatoms. The maximum absolute atomic E-state index is 14.2. The van der Waals surface area contributed by atoms with Gasteiger partial charge in [-0.25, -0.2) is 4.39 Å². The first-order chi connectivity index (χ1) is 16.3. The second-order valence-corrected chi connectivity index (χ2v) is 9.86. The zero-order valence-electron chi connectivity index (χ0n) is 18.0. The van der Waals surface area contributed by atoms with Crippen molar-refractivity contribution in [1.29, 1.82) is 0 Å². The Balaban J connectivity index is 1.82. The summed E-state index contributed by atoms with van der Waals surface area (Å²) in [5, 5.41) is 12.8. The van der Waals surface area contributed by atoms with Gasteiger partial charge in [0.05, 0.1) is 0 Å². The number of benzene rings is 2. The number of carbonyl (C=O) groups excluding carboxylic acids is 2. The largest absolute Gasteiger partial charge is 0.508 e. The van der Waals surface area contributed by atoms with Gasteiger partial charge in [-0.2, -0.15) is 4.37 Å². The smallest absolute Gasteiger partial charge is 0.280 e. The molecule has 2 amide bonds. The van der Waals surface area contributed by atoms with Gasteiger partial charge in [0, 0.05) is 11.7 Å². The van der Waals surface area contributed by atoms with Gasteiger partial charge in [0.2, 0.25) is 5.91 Å². The van der Waals surface area contributed by atoms with Crippen molar-refractivity contribution in [3.05, 3.63) is 75.0 Å². The fourth-order valence-electron chi connectivity index (χ4n) is 4.12. The van der Waals surface area contributed by atoms with Crippen molar-refractivity contribution in [2.75, 3.05) is 4.90 Å². The number of anilines is 1.